The zero-order chi connectivity index (χ0) is 13.9. The maximum Gasteiger partial charge on any atom is 0.0522 e. The lowest BCUT2D eigenvalue weighted by Crippen LogP contribution is -2.62. The van der Waals surface area contributed by atoms with Gasteiger partial charge in [-0.3, -0.25) is 9.58 Å². The molecule has 2 atom stereocenters. The van der Waals surface area contributed by atoms with E-state index >= 15 is 0 Å². The third kappa shape index (κ3) is 3.57. The first kappa shape index (κ1) is 14.5. The van der Waals surface area contributed by atoms with Gasteiger partial charge in [0.25, 0.3) is 0 Å². The SMILES string of the molecule is CCC1CNC(C)(CC)CN1CCc1cnn(C)c1. The van der Waals surface area contributed by atoms with E-state index < -0.39 is 0 Å². The van der Waals surface area contributed by atoms with E-state index in [0.717, 1.165) is 26.1 Å². The zero-order valence-electron chi connectivity index (χ0n) is 12.8. The van der Waals surface area contributed by atoms with Crippen molar-refractivity contribution < 1.29 is 0 Å². The average Bonchev–Trinajstić information content (AvgIpc) is 2.82. The van der Waals surface area contributed by atoms with Crippen molar-refractivity contribution in [3.63, 3.8) is 0 Å². The standard InChI is InChI=1S/C15H28N4/c1-5-14-10-16-15(3,6-2)12-19(14)8-7-13-9-17-18(4)11-13/h9,11,14,16H,5-8,10,12H2,1-4H3. The highest BCUT2D eigenvalue weighted by Crippen LogP contribution is 2.20. The summed E-state index contributed by atoms with van der Waals surface area (Å²) in [6.45, 7) is 10.3. The largest absolute Gasteiger partial charge is 0.309 e. The number of aromatic nitrogens is 2. The van der Waals surface area contributed by atoms with Crippen molar-refractivity contribution in [2.24, 2.45) is 7.05 Å². The molecule has 2 heterocycles. The van der Waals surface area contributed by atoms with Gasteiger partial charge in [-0.25, -0.2) is 0 Å². The van der Waals surface area contributed by atoms with Crippen LogP contribution in [0.1, 0.15) is 39.2 Å². The molecule has 108 valence electrons. The van der Waals surface area contributed by atoms with Crippen molar-refractivity contribution in [3.05, 3.63) is 18.0 Å². The highest BCUT2D eigenvalue weighted by molar-refractivity contribution is 5.05. The van der Waals surface area contributed by atoms with Crippen LogP contribution in [0.5, 0.6) is 0 Å². The fraction of sp³-hybridized carbons (Fsp3) is 0.800. The number of hydrogen-bond donors (Lipinski definition) is 1. The van der Waals surface area contributed by atoms with Gasteiger partial charge >= 0.3 is 0 Å². The summed E-state index contributed by atoms with van der Waals surface area (Å²) < 4.78 is 1.89. The quantitative estimate of drug-likeness (QED) is 0.880. The van der Waals surface area contributed by atoms with Crippen LogP contribution in [0.25, 0.3) is 0 Å². The Hall–Kier alpha value is -0.870. The molecule has 4 heteroatoms. The van der Waals surface area contributed by atoms with E-state index in [0.29, 0.717) is 6.04 Å². The number of nitrogens with zero attached hydrogens (tertiary/aromatic N) is 3. The molecule has 2 rings (SSSR count). The normalized spacial score (nSPS) is 28.7. The lowest BCUT2D eigenvalue weighted by Gasteiger charge is -2.46. The minimum atomic E-state index is 0.278. The summed E-state index contributed by atoms with van der Waals surface area (Å²) in [4.78, 5) is 2.66. The second-order valence-electron chi connectivity index (χ2n) is 6.10. The van der Waals surface area contributed by atoms with Crippen molar-refractivity contribution in [2.45, 2.75) is 51.6 Å². The highest BCUT2D eigenvalue weighted by Gasteiger charge is 2.33. The summed E-state index contributed by atoms with van der Waals surface area (Å²) in [7, 11) is 1.98. The van der Waals surface area contributed by atoms with Crippen LogP contribution in [-0.4, -0.2) is 45.9 Å². The molecule has 1 aliphatic heterocycles. The zero-order valence-corrected chi connectivity index (χ0v) is 12.8. The Bertz CT molecular complexity index is 401. The molecule has 0 spiro atoms. The molecule has 0 amide bonds. The number of rotatable bonds is 5. The van der Waals surface area contributed by atoms with Crippen LogP contribution in [0, 0.1) is 0 Å². The number of nitrogens with one attached hydrogen (secondary N) is 1. The lowest BCUT2D eigenvalue weighted by molar-refractivity contribution is 0.0832. The van der Waals surface area contributed by atoms with Crippen molar-refractivity contribution in [1.29, 1.82) is 0 Å². The van der Waals surface area contributed by atoms with Crippen LogP contribution in [0.15, 0.2) is 12.4 Å². The second-order valence-corrected chi connectivity index (χ2v) is 6.10. The van der Waals surface area contributed by atoms with Crippen molar-refractivity contribution in [3.8, 4) is 0 Å². The average molecular weight is 264 g/mol. The van der Waals surface area contributed by atoms with Gasteiger partial charge < -0.3 is 5.32 Å². The first-order chi connectivity index (χ1) is 9.06. The van der Waals surface area contributed by atoms with Crippen LogP contribution < -0.4 is 5.32 Å². The molecule has 0 aliphatic carbocycles. The Balaban J connectivity index is 1.94. The summed E-state index contributed by atoms with van der Waals surface area (Å²) in [6, 6.07) is 0.677. The van der Waals surface area contributed by atoms with Gasteiger partial charge in [0.1, 0.15) is 0 Å². The summed E-state index contributed by atoms with van der Waals surface area (Å²) in [5, 5.41) is 7.97. The van der Waals surface area contributed by atoms with E-state index in [1.165, 1.54) is 18.4 Å². The fourth-order valence-electron chi connectivity index (χ4n) is 2.90. The number of hydrogen-bond acceptors (Lipinski definition) is 3. The first-order valence-electron chi connectivity index (χ1n) is 7.53. The molecule has 1 saturated heterocycles. The molecule has 0 saturated carbocycles. The van der Waals surface area contributed by atoms with Crippen LogP contribution >= 0.6 is 0 Å². The van der Waals surface area contributed by atoms with Crippen molar-refractivity contribution in [1.82, 2.24) is 20.0 Å². The second kappa shape index (κ2) is 6.06. The Morgan fingerprint density at radius 2 is 2.26 bits per heavy atom. The fourth-order valence-corrected chi connectivity index (χ4v) is 2.90. The lowest BCUT2D eigenvalue weighted by atomic mass is 9.92. The molecule has 1 aromatic heterocycles. The van der Waals surface area contributed by atoms with Gasteiger partial charge in [-0.1, -0.05) is 13.8 Å². The summed E-state index contributed by atoms with van der Waals surface area (Å²) in [5.41, 5.74) is 1.62. The van der Waals surface area contributed by atoms with Crippen LogP contribution in [0.3, 0.4) is 0 Å². The smallest absolute Gasteiger partial charge is 0.0522 e. The molecule has 1 N–H and O–H groups in total. The Morgan fingerprint density at radius 1 is 1.47 bits per heavy atom. The molecular weight excluding hydrogens is 236 g/mol. The van der Waals surface area contributed by atoms with Gasteiger partial charge in [0, 0.05) is 44.5 Å². The molecule has 1 aromatic rings. The third-order valence-electron chi connectivity index (χ3n) is 4.53. The molecule has 1 fully saturated rings. The minimum absolute atomic E-state index is 0.278. The van der Waals surface area contributed by atoms with Gasteiger partial charge in [-0.2, -0.15) is 5.10 Å². The third-order valence-corrected chi connectivity index (χ3v) is 4.53. The van der Waals surface area contributed by atoms with E-state index in [-0.39, 0.29) is 5.54 Å². The molecule has 4 nitrogen and oxygen atoms in total. The van der Waals surface area contributed by atoms with E-state index in [1.807, 2.05) is 17.9 Å². The van der Waals surface area contributed by atoms with Crippen molar-refractivity contribution >= 4 is 0 Å². The number of piperazine rings is 1. The van der Waals surface area contributed by atoms with Gasteiger partial charge in [-0.15, -0.1) is 0 Å². The Morgan fingerprint density at radius 3 is 2.84 bits per heavy atom. The summed E-state index contributed by atoms with van der Waals surface area (Å²) >= 11 is 0. The molecule has 1 aliphatic rings. The van der Waals surface area contributed by atoms with E-state index in [4.69, 9.17) is 0 Å². The minimum Gasteiger partial charge on any atom is -0.309 e. The summed E-state index contributed by atoms with van der Waals surface area (Å²) in [5.74, 6) is 0. The van der Waals surface area contributed by atoms with Gasteiger partial charge in [0.15, 0.2) is 0 Å². The van der Waals surface area contributed by atoms with E-state index in [2.05, 4.69) is 42.3 Å². The predicted octanol–water partition coefficient (Wildman–Crippen LogP) is 1.82. The van der Waals surface area contributed by atoms with Gasteiger partial charge in [0.2, 0.25) is 0 Å². The molecule has 19 heavy (non-hydrogen) atoms. The molecule has 2 unspecified atom stereocenters. The predicted molar refractivity (Wildman–Crippen MR) is 79.3 cm³/mol. The maximum atomic E-state index is 4.25. The first-order valence-corrected chi connectivity index (χ1v) is 7.53. The maximum absolute atomic E-state index is 4.25. The molecule has 0 bridgehead atoms. The highest BCUT2D eigenvalue weighted by atomic mass is 15.3. The van der Waals surface area contributed by atoms with Crippen LogP contribution in [0.2, 0.25) is 0 Å². The van der Waals surface area contributed by atoms with Gasteiger partial charge in [0.05, 0.1) is 6.20 Å². The molecule has 0 radical (unpaired) electrons. The monoisotopic (exact) mass is 264 g/mol. The van der Waals surface area contributed by atoms with Crippen LogP contribution in [0.4, 0.5) is 0 Å². The molecule has 0 aromatic carbocycles. The number of aryl methyl sites for hydroxylation is 1. The summed E-state index contributed by atoms with van der Waals surface area (Å²) in [6.07, 6.45) is 7.63. The van der Waals surface area contributed by atoms with Crippen LogP contribution in [-0.2, 0) is 13.5 Å². The Labute approximate surface area is 117 Å². The molecular formula is C15H28N4. The van der Waals surface area contributed by atoms with Crippen molar-refractivity contribution in [2.75, 3.05) is 19.6 Å². The topological polar surface area (TPSA) is 33.1 Å². The van der Waals surface area contributed by atoms with E-state index in [9.17, 15) is 0 Å². The van der Waals surface area contributed by atoms with E-state index in [1.54, 1.807) is 0 Å². The Kier molecular flexibility index (Phi) is 4.63. The van der Waals surface area contributed by atoms with Gasteiger partial charge in [-0.05, 0) is 31.7 Å².